The van der Waals surface area contributed by atoms with Gasteiger partial charge >= 0.3 is 5.97 Å². The summed E-state index contributed by atoms with van der Waals surface area (Å²) < 4.78 is 16.6. The molecule has 0 saturated carbocycles. The Labute approximate surface area is 170 Å². The molecule has 0 bridgehead atoms. The molecule has 2 aromatic carbocycles. The van der Waals surface area contributed by atoms with Crippen molar-refractivity contribution in [2.75, 3.05) is 0 Å². The highest BCUT2D eigenvalue weighted by molar-refractivity contribution is 6.30. The molecule has 0 saturated heterocycles. The van der Waals surface area contributed by atoms with Crippen LogP contribution < -0.4 is 10.2 Å². The van der Waals surface area contributed by atoms with Gasteiger partial charge < -0.3 is 13.6 Å². The fraction of sp³-hybridized carbons (Fsp3) is 0.0435. The van der Waals surface area contributed by atoms with Crippen LogP contribution in [0.4, 0.5) is 0 Å². The van der Waals surface area contributed by atoms with Crippen molar-refractivity contribution in [2.45, 2.75) is 6.92 Å². The number of benzene rings is 2. The van der Waals surface area contributed by atoms with Crippen LogP contribution in [0.3, 0.4) is 0 Å². The summed E-state index contributed by atoms with van der Waals surface area (Å²) >= 11 is 5.85. The summed E-state index contributed by atoms with van der Waals surface area (Å²) in [6.45, 7) is 1.86. The largest absolute Gasteiger partial charge is 0.461 e. The molecule has 0 N–H and O–H groups in total. The van der Waals surface area contributed by atoms with Gasteiger partial charge in [-0.15, -0.1) is 0 Å². The maximum absolute atomic E-state index is 13.0. The molecule has 0 aliphatic rings. The van der Waals surface area contributed by atoms with E-state index in [1.165, 1.54) is 12.3 Å². The molecular weight excluding hydrogens is 392 g/mol. The minimum atomic E-state index is -0.716. The predicted molar refractivity (Wildman–Crippen MR) is 111 cm³/mol. The first-order valence-electron chi connectivity index (χ1n) is 8.78. The zero-order valence-corrected chi connectivity index (χ0v) is 16.1. The van der Waals surface area contributed by atoms with Crippen LogP contribution in [-0.4, -0.2) is 5.97 Å². The van der Waals surface area contributed by atoms with Crippen LogP contribution in [-0.2, 0) is 4.79 Å². The lowest BCUT2D eigenvalue weighted by molar-refractivity contribution is -0.129. The van der Waals surface area contributed by atoms with Crippen LogP contribution in [0.5, 0.6) is 5.75 Å². The molecule has 0 fully saturated rings. The number of fused-ring (bicyclic) bond motifs is 1. The molecule has 0 aliphatic carbocycles. The Kier molecular flexibility index (Phi) is 5.06. The Morgan fingerprint density at radius 1 is 1.10 bits per heavy atom. The molecule has 5 nitrogen and oxygen atoms in total. The number of carbonyl (C=O) groups excluding carboxylic acids is 1. The Bertz CT molecular complexity index is 1270. The average Bonchev–Trinajstić information content (AvgIpc) is 3.24. The van der Waals surface area contributed by atoms with Crippen molar-refractivity contribution in [2.24, 2.45) is 0 Å². The number of furan rings is 1. The third kappa shape index (κ3) is 4.00. The Morgan fingerprint density at radius 3 is 2.62 bits per heavy atom. The monoisotopic (exact) mass is 406 g/mol. The second-order valence-electron chi connectivity index (χ2n) is 6.37. The van der Waals surface area contributed by atoms with E-state index in [0.29, 0.717) is 16.0 Å². The maximum atomic E-state index is 13.0. The van der Waals surface area contributed by atoms with Crippen LogP contribution >= 0.6 is 11.6 Å². The van der Waals surface area contributed by atoms with Gasteiger partial charge in [-0.1, -0.05) is 35.4 Å². The quantitative estimate of drug-likeness (QED) is 0.324. The molecule has 0 amide bonds. The number of ether oxygens (including phenoxy) is 1. The smallest absolute Gasteiger partial charge is 0.336 e. The lowest BCUT2D eigenvalue weighted by atomic mass is 10.1. The van der Waals surface area contributed by atoms with Crippen molar-refractivity contribution in [3.8, 4) is 17.3 Å². The fourth-order valence-corrected chi connectivity index (χ4v) is 2.95. The standard InChI is InChI=1S/C23H15ClO5/c1-14-4-10-18-17(13-14)21(26)23(22(28-18)19-3-2-12-27-19)29-20(25)11-7-15-5-8-16(24)9-6-15/h2-13H,1H3. The molecule has 6 heteroatoms. The summed E-state index contributed by atoms with van der Waals surface area (Å²) in [6, 6.07) is 15.4. The second kappa shape index (κ2) is 7.81. The Morgan fingerprint density at radius 2 is 1.90 bits per heavy atom. The zero-order chi connectivity index (χ0) is 20.4. The third-order valence-corrected chi connectivity index (χ3v) is 4.49. The summed E-state index contributed by atoms with van der Waals surface area (Å²) in [5.74, 6) is -0.588. The maximum Gasteiger partial charge on any atom is 0.336 e. The van der Waals surface area contributed by atoms with E-state index in [-0.39, 0.29) is 17.3 Å². The van der Waals surface area contributed by atoms with E-state index in [1.54, 1.807) is 54.6 Å². The molecule has 4 rings (SSSR count). The van der Waals surface area contributed by atoms with E-state index in [4.69, 9.17) is 25.2 Å². The van der Waals surface area contributed by atoms with Gasteiger partial charge in [0, 0.05) is 11.1 Å². The highest BCUT2D eigenvalue weighted by atomic mass is 35.5. The molecule has 0 aliphatic heterocycles. The van der Waals surface area contributed by atoms with E-state index in [2.05, 4.69) is 0 Å². The number of esters is 1. The molecule has 2 heterocycles. The van der Waals surface area contributed by atoms with Crippen molar-refractivity contribution in [1.82, 2.24) is 0 Å². The summed E-state index contributed by atoms with van der Waals surface area (Å²) in [5.41, 5.74) is 1.58. The van der Waals surface area contributed by atoms with Crippen molar-refractivity contribution in [3.63, 3.8) is 0 Å². The first-order valence-corrected chi connectivity index (χ1v) is 9.16. The summed E-state index contributed by atoms with van der Waals surface area (Å²) in [7, 11) is 0. The topological polar surface area (TPSA) is 69.7 Å². The molecule has 2 aromatic heterocycles. The molecule has 4 aromatic rings. The van der Waals surface area contributed by atoms with Crippen molar-refractivity contribution < 1.29 is 18.4 Å². The Balaban J connectivity index is 1.74. The van der Waals surface area contributed by atoms with E-state index in [9.17, 15) is 9.59 Å². The van der Waals surface area contributed by atoms with Gasteiger partial charge in [0.05, 0.1) is 11.6 Å². The second-order valence-corrected chi connectivity index (χ2v) is 6.81. The zero-order valence-electron chi connectivity index (χ0n) is 15.3. The van der Waals surface area contributed by atoms with E-state index in [0.717, 1.165) is 11.1 Å². The van der Waals surface area contributed by atoms with Gasteiger partial charge in [-0.25, -0.2) is 4.79 Å². The van der Waals surface area contributed by atoms with Gasteiger partial charge in [0.15, 0.2) is 5.76 Å². The molecular formula is C23H15ClO5. The molecule has 0 spiro atoms. The lowest BCUT2D eigenvalue weighted by Gasteiger charge is -2.08. The van der Waals surface area contributed by atoms with Crippen LogP contribution in [0.25, 0.3) is 28.6 Å². The van der Waals surface area contributed by atoms with Gasteiger partial charge in [0.25, 0.3) is 0 Å². The Hall–Kier alpha value is -3.57. The predicted octanol–water partition coefficient (Wildman–Crippen LogP) is 5.63. The number of hydrogen-bond donors (Lipinski definition) is 0. The van der Waals surface area contributed by atoms with Crippen LogP contribution in [0, 0.1) is 6.92 Å². The van der Waals surface area contributed by atoms with Crippen LogP contribution in [0.15, 0.2) is 80.6 Å². The first-order chi connectivity index (χ1) is 14.0. The van der Waals surface area contributed by atoms with Crippen molar-refractivity contribution in [3.05, 3.63) is 93.3 Å². The number of rotatable bonds is 4. The lowest BCUT2D eigenvalue weighted by Crippen LogP contribution is -2.14. The van der Waals surface area contributed by atoms with Crippen LogP contribution in [0.2, 0.25) is 5.02 Å². The first kappa shape index (κ1) is 18.8. The molecule has 29 heavy (non-hydrogen) atoms. The number of aryl methyl sites for hydroxylation is 1. The highest BCUT2D eigenvalue weighted by Crippen LogP contribution is 2.31. The van der Waals surface area contributed by atoms with Gasteiger partial charge in [-0.2, -0.15) is 0 Å². The summed E-state index contributed by atoms with van der Waals surface area (Å²) in [5, 5.41) is 0.918. The van der Waals surface area contributed by atoms with E-state index in [1.807, 2.05) is 13.0 Å². The molecule has 0 radical (unpaired) electrons. The van der Waals surface area contributed by atoms with Gasteiger partial charge in [0.1, 0.15) is 5.58 Å². The SMILES string of the molecule is Cc1ccc2oc(-c3ccco3)c(OC(=O)C=Cc3ccc(Cl)cc3)c(=O)c2c1. The minimum absolute atomic E-state index is 0.0598. The number of hydrogen-bond acceptors (Lipinski definition) is 5. The molecule has 0 atom stereocenters. The fourth-order valence-electron chi connectivity index (χ4n) is 2.83. The van der Waals surface area contributed by atoms with Gasteiger partial charge in [-0.3, -0.25) is 4.79 Å². The average molecular weight is 407 g/mol. The molecule has 144 valence electrons. The number of carbonyl (C=O) groups is 1. The van der Waals surface area contributed by atoms with E-state index >= 15 is 0 Å². The van der Waals surface area contributed by atoms with Crippen molar-refractivity contribution >= 4 is 34.6 Å². The van der Waals surface area contributed by atoms with Gasteiger partial charge in [0.2, 0.25) is 16.9 Å². The summed E-state index contributed by atoms with van der Waals surface area (Å²) in [6.07, 6.45) is 4.24. The minimum Gasteiger partial charge on any atom is -0.461 e. The third-order valence-electron chi connectivity index (χ3n) is 4.23. The molecule has 0 unspecified atom stereocenters. The van der Waals surface area contributed by atoms with Gasteiger partial charge in [-0.05, 0) is 55.0 Å². The van der Waals surface area contributed by atoms with Crippen LogP contribution in [0.1, 0.15) is 11.1 Å². The van der Waals surface area contributed by atoms with E-state index < -0.39 is 11.4 Å². The number of halogens is 1. The normalized spacial score (nSPS) is 11.2. The highest BCUT2D eigenvalue weighted by Gasteiger charge is 2.21. The summed E-state index contributed by atoms with van der Waals surface area (Å²) in [4.78, 5) is 25.4. The van der Waals surface area contributed by atoms with Crippen molar-refractivity contribution in [1.29, 1.82) is 0 Å².